The summed E-state index contributed by atoms with van der Waals surface area (Å²) in [5.74, 6) is 0.579. The lowest BCUT2D eigenvalue weighted by molar-refractivity contribution is 0.0560. The average molecular weight is 438 g/mol. The largest absolute Gasteiger partial charge is 0.490 e. The molecule has 166 valence electrons. The number of aliphatic imine (C=N–C) groups is 1. The number of rotatable bonds is 0. The third kappa shape index (κ3) is 3.64. The zero-order valence-electron chi connectivity index (χ0n) is 18.6. The number of ether oxygens (including phenoxy) is 2. The SMILES string of the molecule is C[C@H]1C[C@@H]2[C@](C)(N=C(NC(=O)OC(C)(C)C)C(C)(C)S2(=O)=O)c2cc(N)ccc2O1. The van der Waals surface area contributed by atoms with Crippen molar-refractivity contribution in [3.63, 3.8) is 0 Å². The first-order valence-electron chi connectivity index (χ1n) is 9.98. The number of nitrogens with one attached hydrogen (secondary N) is 1. The Labute approximate surface area is 178 Å². The van der Waals surface area contributed by atoms with E-state index in [2.05, 4.69) is 5.32 Å². The molecule has 0 aromatic heterocycles. The van der Waals surface area contributed by atoms with E-state index in [1.54, 1.807) is 59.7 Å². The van der Waals surface area contributed by atoms with Crippen LogP contribution < -0.4 is 15.8 Å². The molecule has 2 heterocycles. The highest BCUT2D eigenvalue weighted by Gasteiger charge is 2.59. The molecule has 3 N–H and O–H groups in total. The quantitative estimate of drug-likeness (QED) is 0.602. The highest BCUT2D eigenvalue weighted by Crippen LogP contribution is 2.49. The van der Waals surface area contributed by atoms with Gasteiger partial charge in [0.05, 0.1) is 11.4 Å². The maximum Gasteiger partial charge on any atom is 0.413 e. The molecule has 0 saturated carbocycles. The van der Waals surface area contributed by atoms with Gasteiger partial charge in [-0.1, -0.05) is 0 Å². The summed E-state index contributed by atoms with van der Waals surface area (Å²) in [4.78, 5) is 17.3. The second-order valence-corrected chi connectivity index (χ2v) is 12.4. The summed E-state index contributed by atoms with van der Waals surface area (Å²) in [5, 5.41) is 1.75. The predicted molar refractivity (Wildman–Crippen MR) is 117 cm³/mol. The molecule has 3 rings (SSSR count). The van der Waals surface area contributed by atoms with Crippen molar-refractivity contribution < 1.29 is 22.7 Å². The number of nitrogen functional groups attached to an aromatic ring is 1. The van der Waals surface area contributed by atoms with E-state index >= 15 is 0 Å². The molecule has 0 spiro atoms. The molecular weight excluding hydrogens is 406 g/mol. The summed E-state index contributed by atoms with van der Waals surface area (Å²) in [6.07, 6.45) is -0.821. The van der Waals surface area contributed by atoms with Crippen LogP contribution in [0.1, 0.15) is 60.5 Å². The van der Waals surface area contributed by atoms with Crippen molar-refractivity contribution in [2.75, 3.05) is 5.73 Å². The fraction of sp³-hybridized carbons (Fsp3) is 0.619. The van der Waals surface area contributed by atoms with Gasteiger partial charge in [0, 0.05) is 17.7 Å². The molecule has 2 aliphatic heterocycles. The number of carbonyl (C=O) groups excluding carboxylic acids is 1. The predicted octanol–water partition coefficient (Wildman–Crippen LogP) is 3.15. The van der Waals surface area contributed by atoms with E-state index in [1.165, 1.54) is 0 Å². The number of benzene rings is 1. The normalized spacial score (nSPS) is 29.4. The van der Waals surface area contributed by atoms with E-state index in [9.17, 15) is 13.2 Å². The van der Waals surface area contributed by atoms with Gasteiger partial charge in [0.15, 0.2) is 9.84 Å². The zero-order valence-corrected chi connectivity index (χ0v) is 19.4. The Balaban J connectivity index is 2.21. The first kappa shape index (κ1) is 22.4. The van der Waals surface area contributed by atoms with Crippen LogP contribution >= 0.6 is 0 Å². The molecule has 0 fully saturated rings. The molecule has 30 heavy (non-hydrogen) atoms. The van der Waals surface area contributed by atoms with Crippen molar-refractivity contribution in [3.8, 4) is 5.75 Å². The first-order chi connectivity index (χ1) is 13.6. The lowest BCUT2D eigenvalue weighted by Crippen LogP contribution is -2.62. The molecule has 2 aliphatic rings. The van der Waals surface area contributed by atoms with Crippen LogP contribution in [0.15, 0.2) is 23.2 Å². The van der Waals surface area contributed by atoms with E-state index in [1.807, 2.05) is 6.92 Å². The lowest BCUT2D eigenvalue weighted by atomic mass is 9.85. The number of hydrogen-bond donors (Lipinski definition) is 2. The van der Waals surface area contributed by atoms with Gasteiger partial charge in [-0.3, -0.25) is 10.3 Å². The number of amidine groups is 1. The van der Waals surface area contributed by atoms with Crippen molar-refractivity contribution in [2.24, 2.45) is 4.99 Å². The summed E-state index contributed by atoms with van der Waals surface area (Å²) < 4.78 is 37.5. The van der Waals surface area contributed by atoms with Gasteiger partial charge in [0.2, 0.25) is 0 Å². The summed E-state index contributed by atoms with van der Waals surface area (Å²) in [6, 6.07) is 5.14. The van der Waals surface area contributed by atoms with E-state index in [0.717, 1.165) is 0 Å². The Morgan fingerprint density at radius 2 is 1.93 bits per heavy atom. The number of nitrogens with zero attached hydrogens (tertiary/aromatic N) is 1. The van der Waals surface area contributed by atoms with Crippen LogP contribution in [0.4, 0.5) is 10.5 Å². The van der Waals surface area contributed by atoms with Gasteiger partial charge in [-0.15, -0.1) is 0 Å². The second kappa shape index (κ2) is 6.87. The smallest absolute Gasteiger partial charge is 0.413 e. The number of fused-ring (bicyclic) bond motifs is 3. The fourth-order valence-electron chi connectivity index (χ4n) is 4.01. The van der Waals surface area contributed by atoms with Gasteiger partial charge >= 0.3 is 6.09 Å². The summed E-state index contributed by atoms with van der Waals surface area (Å²) in [5.41, 5.74) is 5.15. The summed E-state index contributed by atoms with van der Waals surface area (Å²) in [6.45, 7) is 11.9. The molecule has 1 amide bonds. The minimum absolute atomic E-state index is 0.0402. The van der Waals surface area contributed by atoms with Gasteiger partial charge in [-0.2, -0.15) is 0 Å². The highest BCUT2D eigenvalue weighted by molar-refractivity contribution is 7.94. The lowest BCUT2D eigenvalue weighted by Gasteiger charge is -2.44. The van der Waals surface area contributed by atoms with Crippen LogP contribution in [0.2, 0.25) is 0 Å². The molecule has 0 radical (unpaired) electrons. The Hall–Kier alpha value is -2.29. The zero-order chi connectivity index (χ0) is 22.7. The molecule has 3 atom stereocenters. The van der Waals surface area contributed by atoms with Gasteiger partial charge < -0.3 is 15.2 Å². The number of alkyl carbamates (subject to hydrolysis) is 1. The van der Waals surface area contributed by atoms with E-state index in [-0.39, 0.29) is 18.4 Å². The minimum atomic E-state index is -3.79. The number of hydrogen-bond acceptors (Lipinski definition) is 7. The van der Waals surface area contributed by atoms with E-state index in [4.69, 9.17) is 20.2 Å². The monoisotopic (exact) mass is 437 g/mol. The van der Waals surface area contributed by atoms with Gasteiger partial charge in [-0.25, -0.2) is 13.2 Å². The first-order valence-corrected chi connectivity index (χ1v) is 11.5. The third-order valence-electron chi connectivity index (χ3n) is 5.67. The van der Waals surface area contributed by atoms with Crippen LogP contribution in [-0.2, 0) is 20.1 Å². The fourth-order valence-corrected chi connectivity index (χ4v) is 6.40. The van der Waals surface area contributed by atoms with Crippen molar-refractivity contribution in [1.29, 1.82) is 0 Å². The Bertz CT molecular complexity index is 1010. The van der Waals surface area contributed by atoms with Crippen molar-refractivity contribution >= 4 is 27.5 Å². The van der Waals surface area contributed by atoms with Crippen LogP contribution in [0.5, 0.6) is 5.75 Å². The second-order valence-electron chi connectivity index (χ2n) is 9.70. The number of carbonyl (C=O) groups is 1. The highest BCUT2D eigenvalue weighted by atomic mass is 32.2. The Morgan fingerprint density at radius 3 is 2.53 bits per heavy atom. The third-order valence-corrected chi connectivity index (χ3v) is 8.69. The minimum Gasteiger partial charge on any atom is -0.490 e. The van der Waals surface area contributed by atoms with E-state index < -0.39 is 37.1 Å². The molecule has 9 heteroatoms. The molecule has 0 aliphatic carbocycles. The topological polar surface area (TPSA) is 120 Å². The molecule has 0 bridgehead atoms. The maximum atomic E-state index is 13.8. The maximum absolute atomic E-state index is 13.8. The number of anilines is 1. The average Bonchev–Trinajstić information content (AvgIpc) is 2.67. The number of sulfone groups is 1. The summed E-state index contributed by atoms with van der Waals surface area (Å²) >= 11 is 0. The van der Waals surface area contributed by atoms with Crippen molar-refractivity contribution in [3.05, 3.63) is 23.8 Å². The van der Waals surface area contributed by atoms with Crippen LogP contribution in [-0.4, -0.2) is 42.0 Å². The standard InChI is InChI=1S/C21H31N3O5S/c1-12-10-16-21(7,14-11-13(22)8-9-15(14)28-12)24-17(20(5,6)30(16,26)27)23-18(25)29-19(2,3)4/h8-9,11-12,16H,10,22H2,1-7H3,(H,23,24,25)/t12-,16+,21+/m0/s1. The van der Waals surface area contributed by atoms with Crippen LogP contribution in [0.25, 0.3) is 0 Å². The Morgan fingerprint density at radius 1 is 1.30 bits per heavy atom. The molecular formula is C21H31N3O5S. The van der Waals surface area contributed by atoms with E-state index in [0.29, 0.717) is 17.0 Å². The molecule has 1 aromatic rings. The van der Waals surface area contributed by atoms with Crippen LogP contribution in [0, 0.1) is 0 Å². The van der Waals surface area contributed by atoms with Gasteiger partial charge in [0.25, 0.3) is 0 Å². The van der Waals surface area contributed by atoms with Gasteiger partial charge in [-0.05, 0) is 66.7 Å². The van der Waals surface area contributed by atoms with Gasteiger partial charge in [0.1, 0.15) is 27.5 Å². The molecule has 1 aromatic carbocycles. The molecule has 0 unspecified atom stereocenters. The Kier molecular flexibility index (Phi) is 5.13. The molecule has 8 nitrogen and oxygen atoms in total. The van der Waals surface area contributed by atoms with Crippen molar-refractivity contribution in [1.82, 2.24) is 5.32 Å². The van der Waals surface area contributed by atoms with Crippen molar-refractivity contribution in [2.45, 2.75) is 82.1 Å². The number of nitrogens with two attached hydrogens (primary N) is 1. The molecule has 0 saturated heterocycles. The number of amides is 1. The van der Waals surface area contributed by atoms with Crippen LogP contribution in [0.3, 0.4) is 0 Å². The summed E-state index contributed by atoms with van der Waals surface area (Å²) in [7, 11) is -3.79.